The summed E-state index contributed by atoms with van der Waals surface area (Å²) in [5.74, 6) is -2.61. The van der Waals surface area contributed by atoms with Crippen LogP contribution in [-0.2, 0) is 9.59 Å². The van der Waals surface area contributed by atoms with Crippen molar-refractivity contribution < 1.29 is 14.7 Å². The number of amides is 1. The lowest BCUT2D eigenvalue weighted by molar-refractivity contribution is -0.306. The third-order valence-electron chi connectivity index (χ3n) is 4.18. The van der Waals surface area contributed by atoms with Crippen LogP contribution in [0.5, 0.6) is 0 Å². The summed E-state index contributed by atoms with van der Waals surface area (Å²) in [6, 6.07) is 14.6. The molecule has 0 spiro atoms. The minimum atomic E-state index is -1.25. The first-order valence-corrected chi connectivity index (χ1v) is 8.08. The lowest BCUT2D eigenvalue weighted by Crippen LogP contribution is -2.34. The number of carbonyl (C=O) groups excluding carboxylic acids is 2. The van der Waals surface area contributed by atoms with Crippen molar-refractivity contribution in [2.75, 3.05) is 5.32 Å². The second-order valence-corrected chi connectivity index (χ2v) is 6.19. The Hall–Kier alpha value is -2.33. The number of hydrogen-bond donors (Lipinski definition) is 1. The van der Waals surface area contributed by atoms with E-state index in [0.717, 1.165) is 11.1 Å². The van der Waals surface area contributed by atoms with Gasteiger partial charge in [0.1, 0.15) is 0 Å². The molecule has 0 heterocycles. The molecule has 0 fully saturated rings. The second kappa shape index (κ2) is 7.97. The van der Waals surface area contributed by atoms with Crippen molar-refractivity contribution in [1.29, 1.82) is 0 Å². The zero-order valence-corrected chi connectivity index (χ0v) is 14.3. The van der Waals surface area contributed by atoms with E-state index in [1.165, 1.54) is 0 Å². The highest BCUT2D eigenvalue weighted by molar-refractivity contribution is 6.31. The van der Waals surface area contributed by atoms with Gasteiger partial charge in [0.25, 0.3) is 0 Å². The largest absolute Gasteiger partial charge is 0.550 e. The van der Waals surface area contributed by atoms with Gasteiger partial charge in [0.15, 0.2) is 0 Å². The number of carboxylic acids is 1. The molecule has 2 rings (SSSR count). The molecule has 1 N–H and O–H groups in total. The number of carbonyl (C=O) groups is 2. The number of nitrogens with one attached hydrogen (secondary N) is 1. The van der Waals surface area contributed by atoms with Crippen LogP contribution in [0.25, 0.3) is 0 Å². The predicted molar refractivity (Wildman–Crippen MR) is 92.8 cm³/mol. The number of hydrogen-bond acceptors (Lipinski definition) is 3. The fourth-order valence-corrected chi connectivity index (χ4v) is 2.81. The fraction of sp³-hybridized carbons (Fsp3) is 0.263. The van der Waals surface area contributed by atoms with Crippen molar-refractivity contribution in [3.8, 4) is 0 Å². The molecule has 0 aromatic heterocycles. The fourth-order valence-electron chi connectivity index (χ4n) is 2.63. The SMILES string of the molecule is Cc1c(Cl)cccc1NC(=O)C(CC(=O)[O-])C(C)c1ccccc1. The van der Waals surface area contributed by atoms with Crippen LogP contribution >= 0.6 is 11.6 Å². The molecule has 2 unspecified atom stereocenters. The van der Waals surface area contributed by atoms with Crippen molar-refractivity contribution in [1.82, 2.24) is 0 Å². The highest BCUT2D eigenvalue weighted by Gasteiger charge is 2.27. The van der Waals surface area contributed by atoms with Crippen LogP contribution in [0.1, 0.15) is 30.4 Å². The second-order valence-electron chi connectivity index (χ2n) is 5.78. The Bertz CT molecular complexity index is 731. The Morgan fingerprint density at radius 3 is 2.42 bits per heavy atom. The number of anilines is 1. The maximum absolute atomic E-state index is 12.7. The van der Waals surface area contributed by atoms with E-state index in [9.17, 15) is 14.7 Å². The average Bonchev–Trinajstić information content (AvgIpc) is 2.56. The van der Waals surface area contributed by atoms with Gasteiger partial charge in [0, 0.05) is 16.7 Å². The van der Waals surface area contributed by atoms with E-state index in [0.29, 0.717) is 10.7 Å². The van der Waals surface area contributed by atoms with Crippen LogP contribution < -0.4 is 10.4 Å². The van der Waals surface area contributed by atoms with Crippen LogP contribution in [0.4, 0.5) is 5.69 Å². The summed E-state index contributed by atoms with van der Waals surface area (Å²) in [6.45, 7) is 3.64. The predicted octanol–water partition coefficient (Wildman–Crippen LogP) is 3.15. The van der Waals surface area contributed by atoms with Gasteiger partial charge in [0.2, 0.25) is 5.91 Å². The molecule has 0 bridgehead atoms. The van der Waals surface area contributed by atoms with Crippen LogP contribution in [-0.4, -0.2) is 11.9 Å². The van der Waals surface area contributed by atoms with Crippen molar-refractivity contribution in [3.63, 3.8) is 0 Å². The summed E-state index contributed by atoms with van der Waals surface area (Å²) in [7, 11) is 0. The highest BCUT2D eigenvalue weighted by Crippen LogP contribution is 2.29. The van der Waals surface area contributed by atoms with Gasteiger partial charge in [0.05, 0.1) is 5.92 Å². The van der Waals surface area contributed by atoms with Gasteiger partial charge in [-0.3, -0.25) is 4.79 Å². The quantitative estimate of drug-likeness (QED) is 0.875. The lowest BCUT2D eigenvalue weighted by atomic mass is 9.84. The number of aliphatic carboxylic acids is 1. The minimum Gasteiger partial charge on any atom is -0.550 e. The normalized spacial score (nSPS) is 13.1. The first-order valence-electron chi connectivity index (χ1n) is 7.71. The lowest BCUT2D eigenvalue weighted by Gasteiger charge is -2.24. The van der Waals surface area contributed by atoms with Gasteiger partial charge in [-0.1, -0.05) is 54.9 Å². The Kier molecular flexibility index (Phi) is 5.99. The maximum atomic E-state index is 12.7. The molecule has 0 aliphatic carbocycles. The van der Waals surface area contributed by atoms with E-state index in [4.69, 9.17) is 11.6 Å². The van der Waals surface area contributed by atoms with Crippen LogP contribution in [0.3, 0.4) is 0 Å². The summed E-state index contributed by atoms with van der Waals surface area (Å²) < 4.78 is 0. The van der Waals surface area contributed by atoms with E-state index in [2.05, 4.69) is 5.32 Å². The third kappa shape index (κ3) is 4.36. The molecule has 4 nitrogen and oxygen atoms in total. The van der Waals surface area contributed by atoms with Gasteiger partial charge in [-0.2, -0.15) is 0 Å². The minimum absolute atomic E-state index is 0.261. The Morgan fingerprint density at radius 2 is 1.79 bits per heavy atom. The number of halogens is 1. The molecule has 0 radical (unpaired) electrons. The van der Waals surface area contributed by atoms with Gasteiger partial charge < -0.3 is 15.2 Å². The van der Waals surface area contributed by atoms with E-state index in [1.54, 1.807) is 25.1 Å². The topological polar surface area (TPSA) is 69.2 Å². The van der Waals surface area contributed by atoms with E-state index in [-0.39, 0.29) is 18.2 Å². The van der Waals surface area contributed by atoms with Gasteiger partial charge in [-0.25, -0.2) is 0 Å². The molecule has 126 valence electrons. The van der Waals surface area contributed by atoms with Crippen molar-refractivity contribution in [3.05, 3.63) is 64.7 Å². The standard InChI is InChI=1S/C19H20ClNO3/c1-12(14-7-4-3-5-8-14)15(11-18(22)23)19(24)21-17-10-6-9-16(20)13(17)2/h3-10,12,15H,11H2,1-2H3,(H,21,24)(H,22,23)/p-1. The Morgan fingerprint density at radius 1 is 1.12 bits per heavy atom. The summed E-state index contributed by atoms with van der Waals surface area (Å²) in [6.07, 6.45) is -0.346. The van der Waals surface area contributed by atoms with Crippen LogP contribution in [0.2, 0.25) is 5.02 Å². The molecular formula is C19H19ClNO3-. The zero-order chi connectivity index (χ0) is 17.7. The molecule has 2 aromatic rings. The monoisotopic (exact) mass is 344 g/mol. The molecule has 2 aromatic carbocycles. The van der Waals surface area contributed by atoms with Gasteiger partial charge in [-0.05, 0) is 42.5 Å². The first kappa shape index (κ1) is 18.0. The van der Waals surface area contributed by atoms with E-state index >= 15 is 0 Å². The van der Waals surface area contributed by atoms with Crippen LogP contribution in [0.15, 0.2) is 48.5 Å². The molecule has 24 heavy (non-hydrogen) atoms. The average molecular weight is 345 g/mol. The van der Waals surface area contributed by atoms with Crippen molar-refractivity contribution >= 4 is 29.2 Å². The summed E-state index contributed by atoms with van der Waals surface area (Å²) in [4.78, 5) is 23.8. The number of rotatable bonds is 6. The van der Waals surface area contributed by atoms with Crippen molar-refractivity contribution in [2.45, 2.75) is 26.2 Å². The van der Waals surface area contributed by atoms with Crippen molar-refractivity contribution in [2.24, 2.45) is 5.92 Å². The summed E-state index contributed by atoms with van der Waals surface area (Å²) >= 11 is 6.06. The Labute approximate surface area is 146 Å². The zero-order valence-electron chi connectivity index (χ0n) is 13.6. The van der Waals surface area contributed by atoms with Gasteiger partial charge in [-0.15, -0.1) is 0 Å². The number of benzene rings is 2. The molecule has 0 saturated heterocycles. The van der Waals surface area contributed by atoms with Gasteiger partial charge >= 0.3 is 0 Å². The third-order valence-corrected chi connectivity index (χ3v) is 4.59. The Balaban J connectivity index is 2.25. The smallest absolute Gasteiger partial charge is 0.228 e. The van der Waals surface area contributed by atoms with E-state index < -0.39 is 11.9 Å². The molecule has 2 atom stereocenters. The first-order chi connectivity index (χ1) is 11.4. The highest BCUT2D eigenvalue weighted by atomic mass is 35.5. The molecule has 1 amide bonds. The molecule has 5 heteroatoms. The molecule has 0 saturated carbocycles. The summed E-state index contributed by atoms with van der Waals surface area (Å²) in [5, 5.41) is 14.4. The summed E-state index contributed by atoms with van der Waals surface area (Å²) in [5.41, 5.74) is 2.23. The molecule has 0 aliphatic rings. The maximum Gasteiger partial charge on any atom is 0.228 e. The van der Waals surface area contributed by atoms with Crippen LogP contribution in [0, 0.1) is 12.8 Å². The van der Waals surface area contributed by atoms with E-state index in [1.807, 2.05) is 37.3 Å². The number of carboxylic acid groups (broad SMARTS) is 1. The molecule has 0 aliphatic heterocycles. The molecular weight excluding hydrogens is 326 g/mol.